The van der Waals surface area contributed by atoms with E-state index in [0.717, 1.165) is 0 Å². The van der Waals surface area contributed by atoms with Crippen LogP contribution in [0.4, 0.5) is 11.4 Å². The average Bonchev–Trinajstić information content (AvgIpc) is 2.39. The molecule has 0 bridgehead atoms. The standard InChI is InChI=1S/C14H13N3O2/c15-11-5-1-4-10(7-11)14(19)17-12-6-2-3-9(8-12)13(16)18/h1-8H,15H2,(H2,16,18)(H,17,19). The summed E-state index contributed by atoms with van der Waals surface area (Å²) in [4.78, 5) is 23.0. The maximum Gasteiger partial charge on any atom is 0.255 e. The second-order valence-corrected chi connectivity index (χ2v) is 4.02. The highest BCUT2D eigenvalue weighted by Crippen LogP contribution is 2.13. The fourth-order valence-electron chi connectivity index (χ4n) is 1.63. The van der Waals surface area contributed by atoms with Gasteiger partial charge in [0.15, 0.2) is 0 Å². The predicted octanol–water partition coefficient (Wildman–Crippen LogP) is 1.62. The van der Waals surface area contributed by atoms with E-state index in [0.29, 0.717) is 22.5 Å². The number of benzene rings is 2. The van der Waals surface area contributed by atoms with Gasteiger partial charge in [0, 0.05) is 22.5 Å². The minimum absolute atomic E-state index is 0.297. The predicted molar refractivity (Wildman–Crippen MR) is 73.8 cm³/mol. The molecule has 2 aromatic carbocycles. The molecule has 0 atom stereocenters. The van der Waals surface area contributed by atoms with E-state index in [1.54, 1.807) is 42.5 Å². The second kappa shape index (κ2) is 5.22. The van der Waals surface area contributed by atoms with Crippen molar-refractivity contribution in [2.24, 2.45) is 5.73 Å². The highest BCUT2D eigenvalue weighted by atomic mass is 16.2. The molecule has 0 spiro atoms. The largest absolute Gasteiger partial charge is 0.399 e. The van der Waals surface area contributed by atoms with Crippen LogP contribution < -0.4 is 16.8 Å². The zero-order valence-electron chi connectivity index (χ0n) is 10.1. The van der Waals surface area contributed by atoms with Crippen LogP contribution in [0.5, 0.6) is 0 Å². The highest BCUT2D eigenvalue weighted by Gasteiger charge is 2.07. The molecule has 0 radical (unpaired) electrons. The van der Waals surface area contributed by atoms with Gasteiger partial charge in [0.1, 0.15) is 0 Å². The van der Waals surface area contributed by atoms with Crippen molar-refractivity contribution in [3.63, 3.8) is 0 Å². The molecule has 0 saturated heterocycles. The van der Waals surface area contributed by atoms with E-state index in [4.69, 9.17) is 11.5 Å². The number of hydrogen-bond acceptors (Lipinski definition) is 3. The first-order chi connectivity index (χ1) is 9.06. The van der Waals surface area contributed by atoms with Gasteiger partial charge in [-0.25, -0.2) is 0 Å². The summed E-state index contributed by atoms with van der Waals surface area (Å²) in [6, 6.07) is 13.1. The first-order valence-electron chi connectivity index (χ1n) is 5.63. The Morgan fingerprint density at radius 3 is 2.32 bits per heavy atom. The summed E-state index contributed by atoms with van der Waals surface area (Å²) in [6.45, 7) is 0. The Morgan fingerprint density at radius 1 is 0.947 bits per heavy atom. The number of primary amides is 1. The van der Waals surface area contributed by atoms with Crippen LogP contribution in [0.3, 0.4) is 0 Å². The van der Waals surface area contributed by atoms with Crippen LogP contribution in [0, 0.1) is 0 Å². The number of nitrogens with two attached hydrogens (primary N) is 2. The van der Waals surface area contributed by atoms with E-state index in [-0.39, 0.29) is 5.91 Å². The van der Waals surface area contributed by atoms with E-state index in [1.165, 1.54) is 6.07 Å². The summed E-state index contributed by atoms with van der Waals surface area (Å²) in [7, 11) is 0. The molecule has 0 unspecified atom stereocenters. The molecule has 0 aliphatic rings. The highest BCUT2D eigenvalue weighted by molar-refractivity contribution is 6.05. The van der Waals surface area contributed by atoms with Crippen molar-refractivity contribution in [1.29, 1.82) is 0 Å². The van der Waals surface area contributed by atoms with Crippen LogP contribution in [-0.4, -0.2) is 11.8 Å². The van der Waals surface area contributed by atoms with Gasteiger partial charge in [0.25, 0.3) is 5.91 Å². The van der Waals surface area contributed by atoms with E-state index in [2.05, 4.69) is 5.32 Å². The van der Waals surface area contributed by atoms with Crippen molar-refractivity contribution in [1.82, 2.24) is 0 Å². The third-order valence-corrected chi connectivity index (χ3v) is 2.55. The van der Waals surface area contributed by atoms with Gasteiger partial charge in [-0.2, -0.15) is 0 Å². The van der Waals surface area contributed by atoms with E-state index < -0.39 is 5.91 Å². The zero-order valence-corrected chi connectivity index (χ0v) is 10.1. The van der Waals surface area contributed by atoms with Crippen LogP contribution >= 0.6 is 0 Å². The number of anilines is 2. The van der Waals surface area contributed by atoms with E-state index in [9.17, 15) is 9.59 Å². The van der Waals surface area contributed by atoms with Gasteiger partial charge in [0.2, 0.25) is 5.91 Å². The molecule has 5 N–H and O–H groups in total. The Kier molecular flexibility index (Phi) is 3.47. The molecule has 2 rings (SSSR count). The van der Waals surface area contributed by atoms with Crippen molar-refractivity contribution in [3.05, 3.63) is 59.7 Å². The lowest BCUT2D eigenvalue weighted by Crippen LogP contribution is -2.14. The van der Waals surface area contributed by atoms with Gasteiger partial charge in [-0.1, -0.05) is 12.1 Å². The lowest BCUT2D eigenvalue weighted by molar-refractivity contribution is 0.0996. The first-order valence-corrected chi connectivity index (χ1v) is 5.63. The molecule has 2 amide bonds. The molecule has 19 heavy (non-hydrogen) atoms. The number of rotatable bonds is 3. The number of nitrogens with one attached hydrogen (secondary N) is 1. The quantitative estimate of drug-likeness (QED) is 0.727. The third-order valence-electron chi connectivity index (χ3n) is 2.55. The van der Waals surface area contributed by atoms with E-state index >= 15 is 0 Å². The van der Waals surface area contributed by atoms with Crippen LogP contribution in [0.25, 0.3) is 0 Å². The Hall–Kier alpha value is -2.82. The van der Waals surface area contributed by atoms with Crippen LogP contribution in [0.2, 0.25) is 0 Å². The molecular formula is C14H13N3O2. The molecule has 0 heterocycles. The monoisotopic (exact) mass is 255 g/mol. The molecule has 96 valence electrons. The summed E-state index contributed by atoms with van der Waals surface area (Å²) in [5, 5.41) is 2.68. The Morgan fingerprint density at radius 2 is 1.63 bits per heavy atom. The number of hydrogen-bond donors (Lipinski definition) is 3. The van der Waals surface area contributed by atoms with Gasteiger partial charge in [-0.05, 0) is 36.4 Å². The van der Waals surface area contributed by atoms with Crippen LogP contribution in [0.1, 0.15) is 20.7 Å². The van der Waals surface area contributed by atoms with Gasteiger partial charge < -0.3 is 16.8 Å². The van der Waals surface area contributed by atoms with Gasteiger partial charge in [-0.3, -0.25) is 9.59 Å². The van der Waals surface area contributed by atoms with Crippen molar-refractivity contribution < 1.29 is 9.59 Å². The average molecular weight is 255 g/mol. The molecule has 5 heteroatoms. The third kappa shape index (κ3) is 3.10. The second-order valence-electron chi connectivity index (χ2n) is 4.02. The minimum Gasteiger partial charge on any atom is -0.399 e. The molecule has 0 aromatic heterocycles. The van der Waals surface area contributed by atoms with Gasteiger partial charge >= 0.3 is 0 Å². The van der Waals surface area contributed by atoms with Crippen LogP contribution in [-0.2, 0) is 0 Å². The summed E-state index contributed by atoms with van der Waals surface area (Å²) < 4.78 is 0. The van der Waals surface area contributed by atoms with E-state index in [1.807, 2.05) is 0 Å². The first kappa shape index (κ1) is 12.6. The number of carbonyl (C=O) groups excluding carboxylic acids is 2. The van der Waals surface area contributed by atoms with Gasteiger partial charge in [0.05, 0.1) is 0 Å². The molecular weight excluding hydrogens is 242 g/mol. The van der Waals surface area contributed by atoms with Crippen molar-refractivity contribution in [2.75, 3.05) is 11.1 Å². The Bertz CT molecular complexity index is 638. The topological polar surface area (TPSA) is 98.2 Å². The van der Waals surface area contributed by atoms with Gasteiger partial charge in [-0.15, -0.1) is 0 Å². The lowest BCUT2D eigenvalue weighted by Gasteiger charge is -2.06. The van der Waals surface area contributed by atoms with Crippen molar-refractivity contribution >= 4 is 23.2 Å². The molecule has 0 aliphatic carbocycles. The molecule has 0 aliphatic heterocycles. The number of amides is 2. The Labute approximate surface area is 110 Å². The maximum absolute atomic E-state index is 12.0. The summed E-state index contributed by atoms with van der Waals surface area (Å²) in [5.74, 6) is -0.839. The van der Waals surface area contributed by atoms with Crippen LogP contribution in [0.15, 0.2) is 48.5 Å². The summed E-state index contributed by atoms with van der Waals surface area (Å²) in [5.41, 5.74) is 12.6. The molecule has 0 fully saturated rings. The van der Waals surface area contributed by atoms with Crippen molar-refractivity contribution in [3.8, 4) is 0 Å². The number of carbonyl (C=O) groups is 2. The fourth-order valence-corrected chi connectivity index (χ4v) is 1.63. The normalized spacial score (nSPS) is 9.89. The summed E-state index contributed by atoms with van der Waals surface area (Å²) >= 11 is 0. The smallest absolute Gasteiger partial charge is 0.255 e. The minimum atomic E-state index is -0.542. The zero-order chi connectivity index (χ0) is 13.8. The summed E-state index contributed by atoms with van der Waals surface area (Å²) in [6.07, 6.45) is 0. The fraction of sp³-hybridized carbons (Fsp3) is 0. The maximum atomic E-state index is 12.0. The Balaban J connectivity index is 2.19. The van der Waals surface area contributed by atoms with Crippen molar-refractivity contribution in [2.45, 2.75) is 0 Å². The molecule has 5 nitrogen and oxygen atoms in total. The molecule has 0 saturated carbocycles. The lowest BCUT2D eigenvalue weighted by atomic mass is 10.1. The SMILES string of the molecule is NC(=O)c1cccc(NC(=O)c2cccc(N)c2)c1. The molecule has 2 aromatic rings. The number of nitrogen functional groups attached to an aromatic ring is 1.